The Balaban J connectivity index is 3.99. The van der Waals surface area contributed by atoms with E-state index in [-0.39, 0.29) is 0 Å². The third kappa shape index (κ3) is 9.66. The molecule has 21 heavy (non-hydrogen) atoms. The molecule has 0 aliphatic carbocycles. The highest BCUT2D eigenvalue weighted by atomic mass is 16.1. The highest BCUT2D eigenvalue weighted by molar-refractivity contribution is 5.78. The number of carbonyl (C=O) groups is 1. The first-order chi connectivity index (χ1) is 9.94. The quantitative estimate of drug-likeness (QED) is 0.285. The van der Waals surface area contributed by atoms with Crippen LogP contribution < -0.4 is 0 Å². The van der Waals surface area contributed by atoms with Crippen molar-refractivity contribution in [3.05, 3.63) is 24.8 Å². The highest BCUT2D eigenvalue weighted by Crippen LogP contribution is 2.23. The topological polar surface area (TPSA) is 17.1 Å². The maximum absolute atomic E-state index is 12.2. The number of hydrogen-bond donors (Lipinski definition) is 0. The van der Waals surface area contributed by atoms with Gasteiger partial charge in [0.25, 0.3) is 0 Å². The van der Waals surface area contributed by atoms with Gasteiger partial charge in [-0.05, 0) is 37.0 Å². The van der Waals surface area contributed by atoms with Gasteiger partial charge in [0, 0.05) is 12.8 Å². The number of carbonyl (C=O) groups excluding carboxylic acids is 1. The third-order valence-corrected chi connectivity index (χ3v) is 4.81. The van der Waals surface area contributed by atoms with Gasteiger partial charge in [0.15, 0.2) is 0 Å². The molecule has 0 N–H and O–H groups in total. The second kappa shape index (κ2) is 11.8. The second-order valence-corrected chi connectivity index (χ2v) is 6.64. The first kappa shape index (κ1) is 20.1. The number of ketones is 1. The van der Waals surface area contributed by atoms with Gasteiger partial charge in [-0.2, -0.15) is 0 Å². The predicted molar refractivity (Wildman–Crippen MR) is 94.4 cm³/mol. The summed E-state index contributed by atoms with van der Waals surface area (Å²) in [5, 5.41) is 0. The Morgan fingerprint density at radius 1 is 1.14 bits per heavy atom. The van der Waals surface area contributed by atoms with Crippen LogP contribution in [-0.4, -0.2) is 5.78 Å². The van der Waals surface area contributed by atoms with Crippen molar-refractivity contribution in [1.82, 2.24) is 0 Å². The number of hydrogen-bond acceptors (Lipinski definition) is 1. The minimum atomic E-state index is 0.417. The van der Waals surface area contributed by atoms with Crippen LogP contribution in [0.1, 0.15) is 79.1 Å². The van der Waals surface area contributed by atoms with Gasteiger partial charge in [-0.3, -0.25) is 4.79 Å². The zero-order valence-electron chi connectivity index (χ0n) is 14.8. The SMILES string of the molecule is C=CC(C)C(C)CC(=O)CC(CC)CCCCC(=C)CC. The van der Waals surface area contributed by atoms with Crippen LogP contribution in [0.5, 0.6) is 0 Å². The molecule has 0 aromatic heterocycles. The van der Waals surface area contributed by atoms with Crippen LogP contribution in [-0.2, 0) is 4.79 Å². The van der Waals surface area contributed by atoms with E-state index >= 15 is 0 Å². The fourth-order valence-corrected chi connectivity index (χ4v) is 2.62. The van der Waals surface area contributed by atoms with E-state index in [1.54, 1.807) is 0 Å². The Kier molecular flexibility index (Phi) is 11.3. The number of rotatable bonds is 13. The molecule has 122 valence electrons. The standard InChI is InChI=1S/C20H36O/c1-7-16(4)12-10-11-13-19(9-3)15-20(21)14-18(6)17(5)8-2/h8,17-19H,2,4,7,9-15H2,1,3,5-6H3. The summed E-state index contributed by atoms with van der Waals surface area (Å²) in [5.74, 6) is 1.84. The summed E-state index contributed by atoms with van der Waals surface area (Å²) >= 11 is 0. The zero-order chi connectivity index (χ0) is 16.3. The summed E-state index contributed by atoms with van der Waals surface area (Å²) in [7, 11) is 0. The van der Waals surface area contributed by atoms with Crippen molar-refractivity contribution in [2.45, 2.75) is 79.1 Å². The lowest BCUT2D eigenvalue weighted by Crippen LogP contribution is -2.14. The first-order valence-electron chi connectivity index (χ1n) is 8.75. The molecule has 0 fully saturated rings. The molecule has 0 aliphatic rings. The van der Waals surface area contributed by atoms with Crippen LogP contribution in [0.4, 0.5) is 0 Å². The van der Waals surface area contributed by atoms with Gasteiger partial charge in [-0.25, -0.2) is 0 Å². The molecule has 0 aromatic rings. The molecule has 0 bridgehead atoms. The van der Waals surface area contributed by atoms with Crippen LogP contribution in [0.25, 0.3) is 0 Å². The van der Waals surface area contributed by atoms with Crippen LogP contribution >= 0.6 is 0 Å². The average molecular weight is 293 g/mol. The Hall–Kier alpha value is -0.850. The third-order valence-electron chi connectivity index (χ3n) is 4.81. The van der Waals surface area contributed by atoms with Crippen LogP contribution in [0.15, 0.2) is 24.8 Å². The summed E-state index contributed by atoms with van der Waals surface area (Å²) in [4.78, 5) is 12.2. The smallest absolute Gasteiger partial charge is 0.133 e. The van der Waals surface area contributed by atoms with E-state index in [0.29, 0.717) is 30.0 Å². The van der Waals surface area contributed by atoms with Crippen molar-refractivity contribution in [2.24, 2.45) is 17.8 Å². The summed E-state index contributed by atoms with van der Waals surface area (Å²) in [5.41, 5.74) is 1.35. The molecule has 0 aliphatic heterocycles. The largest absolute Gasteiger partial charge is 0.300 e. The summed E-state index contributed by atoms with van der Waals surface area (Å²) in [6.45, 7) is 16.5. The van der Waals surface area contributed by atoms with E-state index in [9.17, 15) is 4.79 Å². The zero-order valence-corrected chi connectivity index (χ0v) is 14.8. The summed E-state index contributed by atoms with van der Waals surface area (Å²) < 4.78 is 0. The number of Topliss-reactive ketones (excluding diaryl/α,β-unsaturated/α-hetero) is 1. The van der Waals surface area contributed by atoms with Gasteiger partial charge in [-0.15, -0.1) is 6.58 Å². The van der Waals surface area contributed by atoms with E-state index in [1.165, 1.54) is 24.8 Å². The van der Waals surface area contributed by atoms with E-state index in [0.717, 1.165) is 25.7 Å². The number of unbranched alkanes of at least 4 members (excludes halogenated alkanes) is 1. The first-order valence-corrected chi connectivity index (χ1v) is 8.75. The molecular weight excluding hydrogens is 256 g/mol. The summed E-state index contributed by atoms with van der Waals surface area (Å²) in [6.07, 6.45) is 10.4. The van der Waals surface area contributed by atoms with Gasteiger partial charge < -0.3 is 0 Å². The van der Waals surface area contributed by atoms with Gasteiger partial charge in [0.1, 0.15) is 5.78 Å². The lowest BCUT2D eigenvalue weighted by molar-refractivity contribution is -0.121. The fourth-order valence-electron chi connectivity index (χ4n) is 2.62. The molecule has 0 saturated carbocycles. The maximum Gasteiger partial charge on any atom is 0.133 e. The molecular formula is C20H36O. The Labute approximate surface area is 132 Å². The second-order valence-electron chi connectivity index (χ2n) is 6.64. The lowest BCUT2D eigenvalue weighted by Gasteiger charge is -2.18. The van der Waals surface area contributed by atoms with Crippen molar-refractivity contribution in [3.8, 4) is 0 Å². The normalized spacial score (nSPS) is 15.2. The Morgan fingerprint density at radius 3 is 2.33 bits per heavy atom. The van der Waals surface area contributed by atoms with E-state index in [1.807, 2.05) is 6.08 Å². The molecule has 0 amide bonds. The molecule has 1 nitrogen and oxygen atoms in total. The minimum absolute atomic E-state index is 0.417. The van der Waals surface area contributed by atoms with E-state index in [4.69, 9.17) is 0 Å². The molecule has 3 atom stereocenters. The van der Waals surface area contributed by atoms with Crippen molar-refractivity contribution >= 4 is 5.78 Å². The lowest BCUT2D eigenvalue weighted by atomic mass is 9.86. The van der Waals surface area contributed by atoms with Gasteiger partial charge in [0.05, 0.1) is 0 Å². The van der Waals surface area contributed by atoms with Crippen molar-refractivity contribution in [1.29, 1.82) is 0 Å². The van der Waals surface area contributed by atoms with Gasteiger partial charge in [0.2, 0.25) is 0 Å². The van der Waals surface area contributed by atoms with Gasteiger partial charge >= 0.3 is 0 Å². The molecule has 0 rings (SSSR count). The van der Waals surface area contributed by atoms with E-state index < -0.39 is 0 Å². The Bertz CT molecular complexity index is 316. The molecule has 0 spiro atoms. The van der Waals surface area contributed by atoms with Gasteiger partial charge in [-0.1, -0.05) is 65.2 Å². The molecule has 0 saturated heterocycles. The summed E-state index contributed by atoms with van der Waals surface area (Å²) in [6, 6.07) is 0. The van der Waals surface area contributed by atoms with Crippen LogP contribution in [0, 0.1) is 17.8 Å². The Morgan fingerprint density at radius 2 is 1.81 bits per heavy atom. The minimum Gasteiger partial charge on any atom is -0.300 e. The fraction of sp³-hybridized carbons (Fsp3) is 0.750. The molecule has 3 unspecified atom stereocenters. The van der Waals surface area contributed by atoms with Crippen molar-refractivity contribution in [3.63, 3.8) is 0 Å². The number of allylic oxidation sites excluding steroid dienone is 2. The molecule has 1 heteroatoms. The highest BCUT2D eigenvalue weighted by Gasteiger charge is 2.17. The molecule has 0 radical (unpaired) electrons. The molecule has 0 aromatic carbocycles. The molecule has 0 heterocycles. The predicted octanol–water partition coefficient (Wildman–Crippen LogP) is 6.35. The van der Waals surface area contributed by atoms with Crippen LogP contribution in [0.3, 0.4) is 0 Å². The monoisotopic (exact) mass is 292 g/mol. The maximum atomic E-state index is 12.2. The van der Waals surface area contributed by atoms with E-state index in [2.05, 4.69) is 40.9 Å². The van der Waals surface area contributed by atoms with Crippen molar-refractivity contribution in [2.75, 3.05) is 0 Å². The van der Waals surface area contributed by atoms with Crippen LogP contribution in [0.2, 0.25) is 0 Å². The van der Waals surface area contributed by atoms with Crippen molar-refractivity contribution < 1.29 is 4.79 Å². The average Bonchev–Trinajstić information content (AvgIpc) is 2.48.